The van der Waals surface area contributed by atoms with E-state index in [0.717, 1.165) is 36.1 Å². The molecule has 0 radical (unpaired) electrons. The number of anilines is 1. The number of aryl methyl sites for hydroxylation is 1. The third-order valence-electron chi connectivity index (χ3n) is 5.26. The van der Waals surface area contributed by atoms with Crippen molar-refractivity contribution in [1.82, 2.24) is 14.5 Å². The van der Waals surface area contributed by atoms with Crippen LogP contribution in [0.3, 0.4) is 0 Å². The summed E-state index contributed by atoms with van der Waals surface area (Å²) < 4.78 is 2.08. The molecule has 7 nitrogen and oxygen atoms in total. The fourth-order valence-corrected chi connectivity index (χ4v) is 3.94. The lowest BCUT2D eigenvalue weighted by Crippen LogP contribution is -2.39. The number of aromatic nitrogens is 2. The van der Waals surface area contributed by atoms with Crippen LogP contribution in [0.5, 0.6) is 0 Å². The summed E-state index contributed by atoms with van der Waals surface area (Å²) in [7, 11) is 2.00. The zero-order valence-corrected chi connectivity index (χ0v) is 15.8. The van der Waals surface area contributed by atoms with Gasteiger partial charge in [-0.3, -0.25) is 4.79 Å². The summed E-state index contributed by atoms with van der Waals surface area (Å²) in [5.74, 6) is 0.838. The molecule has 0 aliphatic carbocycles. The first-order valence-electron chi connectivity index (χ1n) is 9.43. The largest absolute Gasteiger partial charge is 0.351 e. The highest BCUT2D eigenvalue weighted by molar-refractivity contribution is 5.97. The number of rotatable bonds is 3. The van der Waals surface area contributed by atoms with E-state index in [1.165, 1.54) is 0 Å². The number of piperidine rings is 1. The highest BCUT2D eigenvalue weighted by atomic mass is 16.2. The number of benzene rings is 2. The molecule has 1 saturated heterocycles. The van der Waals surface area contributed by atoms with E-state index in [1.807, 2.05) is 36.2 Å². The summed E-state index contributed by atoms with van der Waals surface area (Å²) in [5.41, 5.74) is 8.22. The molecule has 1 aromatic heterocycles. The third-order valence-corrected chi connectivity index (χ3v) is 5.26. The molecule has 28 heavy (non-hydrogen) atoms. The topological polar surface area (TPSA) is 93.3 Å². The molecule has 3 N–H and O–H groups in total. The van der Waals surface area contributed by atoms with Gasteiger partial charge < -0.3 is 20.5 Å². The quantitative estimate of drug-likeness (QED) is 0.732. The van der Waals surface area contributed by atoms with Crippen molar-refractivity contribution in [2.75, 3.05) is 11.9 Å². The highest BCUT2D eigenvalue weighted by Crippen LogP contribution is 2.33. The Morgan fingerprint density at radius 3 is 2.75 bits per heavy atom. The Bertz CT molecular complexity index is 1040. The van der Waals surface area contributed by atoms with Gasteiger partial charge in [0.15, 0.2) is 0 Å². The van der Waals surface area contributed by atoms with Crippen LogP contribution in [0.15, 0.2) is 48.5 Å². The zero-order valence-electron chi connectivity index (χ0n) is 15.8. The molecule has 4 rings (SSSR count). The molecule has 2 heterocycles. The molecule has 1 aliphatic rings. The summed E-state index contributed by atoms with van der Waals surface area (Å²) in [4.78, 5) is 31.1. The number of carbonyl (C=O) groups is 2. The number of amides is 3. The van der Waals surface area contributed by atoms with Gasteiger partial charge in [0.25, 0.3) is 5.91 Å². The van der Waals surface area contributed by atoms with E-state index >= 15 is 0 Å². The van der Waals surface area contributed by atoms with Crippen LogP contribution in [0, 0.1) is 0 Å². The van der Waals surface area contributed by atoms with E-state index in [9.17, 15) is 9.59 Å². The van der Waals surface area contributed by atoms with E-state index in [2.05, 4.69) is 9.88 Å². The summed E-state index contributed by atoms with van der Waals surface area (Å²) >= 11 is 0. The van der Waals surface area contributed by atoms with Crippen molar-refractivity contribution in [2.24, 2.45) is 12.8 Å². The lowest BCUT2D eigenvalue weighted by molar-refractivity contribution is 0.0597. The van der Waals surface area contributed by atoms with Crippen LogP contribution in [0.1, 0.15) is 41.5 Å². The maximum absolute atomic E-state index is 13.3. The molecule has 1 fully saturated rings. The summed E-state index contributed by atoms with van der Waals surface area (Å²) in [6.45, 7) is 0.681. The monoisotopic (exact) mass is 377 g/mol. The van der Waals surface area contributed by atoms with Gasteiger partial charge in [0.1, 0.15) is 5.82 Å². The fraction of sp³-hybridized carbons (Fsp3) is 0.286. The van der Waals surface area contributed by atoms with Crippen molar-refractivity contribution in [2.45, 2.75) is 25.3 Å². The van der Waals surface area contributed by atoms with Crippen LogP contribution in [-0.2, 0) is 7.05 Å². The maximum atomic E-state index is 13.3. The van der Waals surface area contributed by atoms with Gasteiger partial charge in [-0.05, 0) is 49.6 Å². The van der Waals surface area contributed by atoms with Gasteiger partial charge in [0.05, 0.1) is 17.1 Å². The number of imidazole rings is 1. The average molecular weight is 377 g/mol. The number of carbonyl (C=O) groups excluding carboxylic acids is 2. The fourth-order valence-electron chi connectivity index (χ4n) is 3.94. The van der Waals surface area contributed by atoms with Crippen molar-refractivity contribution in [3.8, 4) is 0 Å². The summed E-state index contributed by atoms with van der Waals surface area (Å²) in [5, 5.41) is 2.52. The molecular weight excluding hydrogens is 354 g/mol. The minimum atomic E-state index is -0.653. The molecule has 0 saturated carbocycles. The second kappa shape index (κ2) is 7.34. The molecule has 1 atom stereocenters. The van der Waals surface area contributed by atoms with Crippen LogP contribution >= 0.6 is 0 Å². The third kappa shape index (κ3) is 3.31. The van der Waals surface area contributed by atoms with Crippen molar-refractivity contribution in [1.29, 1.82) is 0 Å². The number of nitrogens with zero attached hydrogens (tertiary/aromatic N) is 3. The molecule has 0 spiro atoms. The Hall–Kier alpha value is -3.35. The molecule has 3 aromatic rings. The predicted octanol–water partition coefficient (Wildman–Crippen LogP) is 3.43. The summed E-state index contributed by atoms with van der Waals surface area (Å²) in [6.07, 6.45) is 2.90. The van der Waals surface area contributed by atoms with Gasteiger partial charge >= 0.3 is 6.03 Å². The maximum Gasteiger partial charge on any atom is 0.316 e. The molecular formula is C21H23N5O2. The van der Waals surface area contributed by atoms with Crippen LogP contribution < -0.4 is 11.1 Å². The Morgan fingerprint density at radius 1 is 1.14 bits per heavy atom. The second-order valence-electron chi connectivity index (χ2n) is 7.10. The smallest absolute Gasteiger partial charge is 0.316 e. The van der Waals surface area contributed by atoms with Gasteiger partial charge in [0, 0.05) is 24.8 Å². The second-order valence-corrected chi connectivity index (χ2v) is 7.10. The Balaban J connectivity index is 1.68. The van der Waals surface area contributed by atoms with Crippen molar-refractivity contribution >= 4 is 28.7 Å². The van der Waals surface area contributed by atoms with Crippen molar-refractivity contribution in [3.63, 3.8) is 0 Å². The number of nitrogens with two attached hydrogens (primary N) is 1. The Labute approximate surface area is 163 Å². The Kier molecular flexibility index (Phi) is 4.73. The first-order chi connectivity index (χ1) is 13.5. The van der Waals surface area contributed by atoms with E-state index in [1.54, 1.807) is 24.3 Å². The number of hydrogen-bond acceptors (Lipinski definition) is 3. The molecule has 2 aromatic carbocycles. The number of urea groups is 1. The summed E-state index contributed by atoms with van der Waals surface area (Å²) in [6, 6.07) is 14.1. The number of likely N-dealkylation sites (tertiary alicyclic amines) is 1. The van der Waals surface area contributed by atoms with Gasteiger partial charge in [-0.1, -0.05) is 18.2 Å². The number of nitrogens with one attached hydrogen (secondary N) is 1. The number of para-hydroxylation sites is 2. The van der Waals surface area contributed by atoms with Gasteiger partial charge in [0.2, 0.25) is 0 Å². The molecule has 3 amide bonds. The molecule has 7 heteroatoms. The Morgan fingerprint density at radius 2 is 1.96 bits per heavy atom. The van der Waals surface area contributed by atoms with E-state index < -0.39 is 6.03 Å². The van der Waals surface area contributed by atoms with Crippen LogP contribution in [-0.4, -0.2) is 32.9 Å². The number of primary amides is 1. The van der Waals surface area contributed by atoms with Crippen LogP contribution in [0.2, 0.25) is 0 Å². The minimum absolute atomic E-state index is 0.0649. The highest BCUT2D eigenvalue weighted by Gasteiger charge is 2.32. The lowest BCUT2D eigenvalue weighted by Gasteiger charge is -2.35. The normalized spacial score (nSPS) is 16.9. The van der Waals surface area contributed by atoms with Gasteiger partial charge in [-0.2, -0.15) is 0 Å². The van der Waals surface area contributed by atoms with E-state index in [-0.39, 0.29) is 11.9 Å². The average Bonchev–Trinajstić information content (AvgIpc) is 3.04. The van der Waals surface area contributed by atoms with Gasteiger partial charge in [-0.15, -0.1) is 0 Å². The number of hydrogen-bond donors (Lipinski definition) is 2. The molecule has 144 valence electrons. The standard InChI is InChI=1S/C21H23N5O2/c1-25-17-10-3-2-9-16(17)24-19(25)18-11-4-5-12-26(18)20(27)14-7-6-8-15(13-14)23-21(22)28/h2-3,6-10,13,18H,4-5,11-12H2,1H3,(H3,22,23,28)/t18-/m1/s1. The van der Waals surface area contributed by atoms with Gasteiger partial charge in [-0.25, -0.2) is 9.78 Å². The lowest BCUT2D eigenvalue weighted by atomic mass is 10.00. The van der Waals surface area contributed by atoms with Crippen molar-refractivity contribution < 1.29 is 9.59 Å². The van der Waals surface area contributed by atoms with E-state index in [4.69, 9.17) is 10.7 Å². The van der Waals surface area contributed by atoms with E-state index in [0.29, 0.717) is 17.8 Å². The first kappa shape index (κ1) is 18.0. The SMILES string of the molecule is Cn1c([C@H]2CCCCN2C(=O)c2cccc(NC(N)=O)c2)nc2ccccc21. The number of fused-ring (bicyclic) bond motifs is 1. The minimum Gasteiger partial charge on any atom is -0.351 e. The predicted molar refractivity (Wildman–Crippen MR) is 108 cm³/mol. The molecule has 1 aliphatic heterocycles. The van der Waals surface area contributed by atoms with Crippen LogP contribution in [0.25, 0.3) is 11.0 Å². The van der Waals surface area contributed by atoms with Crippen molar-refractivity contribution in [3.05, 3.63) is 59.9 Å². The molecule has 0 unspecified atom stereocenters. The van der Waals surface area contributed by atoms with Crippen LogP contribution in [0.4, 0.5) is 10.5 Å². The zero-order chi connectivity index (χ0) is 19.7. The first-order valence-corrected chi connectivity index (χ1v) is 9.43. The molecule has 0 bridgehead atoms.